The Morgan fingerprint density at radius 2 is 2.06 bits per heavy atom. The van der Waals surface area contributed by atoms with E-state index >= 15 is 0 Å². The zero-order valence-corrected chi connectivity index (χ0v) is 9.30. The van der Waals surface area contributed by atoms with Crippen LogP contribution in [0.3, 0.4) is 0 Å². The van der Waals surface area contributed by atoms with Crippen LogP contribution >= 0.6 is 0 Å². The molecule has 1 fully saturated rings. The first-order valence-electron chi connectivity index (χ1n) is 5.67. The average molecular weight is 228 g/mol. The molecule has 0 saturated carbocycles. The lowest BCUT2D eigenvalue weighted by atomic mass is 9.97. The highest BCUT2D eigenvalue weighted by Gasteiger charge is 2.24. The lowest BCUT2D eigenvalue weighted by Crippen LogP contribution is -2.14. The smallest absolute Gasteiger partial charge is 0.168 e. The molecule has 1 aromatic carbocycles. The minimum atomic E-state index is 0.00382. The van der Waals surface area contributed by atoms with E-state index in [1.165, 1.54) is 0 Å². The van der Waals surface area contributed by atoms with Crippen molar-refractivity contribution in [2.45, 2.75) is 6.42 Å². The number of hydrogen-bond acceptors (Lipinski definition) is 4. The van der Waals surface area contributed by atoms with E-state index in [1.54, 1.807) is 12.4 Å². The van der Waals surface area contributed by atoms with Gasteiger partial charge in [0.05, 0.1) is 17.6 Å². The zero-order valence-electron chi connectivity index (χ0n) is 9.30. The topological polar surface area (TPSA) is 52.1 Å². The number of nitrogens with zero attached hydrogens (tertiary/aromatic N) is 2. The van der Waals surface area contributed by atoms with Crippen molar-refractivity contribution in [3.63, 3.8) is 0 Å². The van der Waals surface area contributed by atoms with Crippen LogP contribution in [0.15, 0.2) is 30.6 Å². The Morgan fingerprint density at radius 1 is 1.24 bits per heavy atom. The monoisotopic (exact) mass is 228 g/mol. The van der Waals surface area contributed by atoms with Gasteiger partial charge in [0.25, 0.3) is 0 Å². The number of fused-ring (bicyclic) bond motifs is 1. The second-order valence-corrected chi connectivity index (χ2v) is 4.18. The molecule has 1 unspecified atom stereocenters. The Balaban J connectivity index is 1.97. The predicted molar refractivity (Wildman–Crippen MR) is 62.8 cm³/mol. The number of ketones is 1. The number of carbonyl (C=O) groups excluding carboxylic acids is 1. The molecule has 0 aliphatic carbocycles. The lowest BCUT2D eigenvalue weighted by molar-refractivity contribution is 0.0900. The van der Waals surface area contributed by atoms with Crippen LogP contribution in [-0.4, -0.2) is 29.0 Å². The summed E-state index contributed by atoms with van der Waals surface area (Å²) in [6, 6.07) is 5.46. The Bertz CT molecular complexity index is 562. The van der Waals surface area contributed by atoms with Gasteiger partial charge in [0.1, 0.15) is 0 Å². The van der Waals surface area contributed by atoms with Crippen LogP contribution in [0, 0.1) is 5.92 Å². The van der Waals surface area contributed by atoms with Crippen LogP contribution in [0.25, 0.3) is 11.0 Å². The summed E-state index contributed by atoms with van der Waals surface area (Å²) in [5.41, 5.74) is 2.28. The minimum Gasteiger partial charge on any atom is -0.381 e. The molecule has 0 amide bonds. The molecule has 2 aromatic rings. The SMILES string of the molecule is O=C(c1ccc2nccnc2c1)C1CCOC1. The average Bonchev–Trinajstić information content (AvgIpc) is 2.91. The van der Waals surface area contributed by atoms with Crippen molar-refractivity contribution in [2.24, 2.45) is 5.92 Å². The molecule has 3 rings (SSSR count). The van der Waals surface area contributed by atoms with Crippen LogP contribution < -0.4 is 0 Å². The highest BCUT2D eigenvalue weighted by atomic mass is 16.5. The summed E-state index contributed by atoms with van der Waals surface area (Å²) in [5.74, 6) is 0.152. The van der Waals surface area contributed by atoms with Gasteiger partial charge >= 0.3 is 0 Å². The Morgan fingerprint density at radius 3 is 2.82 bits per heavy atom. The highest BCUT2D eigenvalue weighted by Crippen LogP contribution is 2.20. The molecule has 86 valence electrons. The largest absolute Gasteiger partial charge is 0.381 e. The van der Waals surface area contributed by atoms with E-state index < -0.39 is 0 Å². The Labute approximate surface area is 98.6 Å². The quantitative estimate of drug-likeness (QED) is 0.736. The first-order chi connectivity index (χ1) is 8.34. The second kappa shape index (κ2) is 4.22. The summed E-state index contributed by atoms with van der Waals surface area (Å²) in [6.45, 7) is 1.22. The van der Waals surface area contributed by atoms with Crippen LogP contribution in [-0.2, 0) is 4.74 Å². The van der Waals surface area contributed by atoms with E-state index in [-0.39, 0.29) is 11.7 Å². The maximum Gasteiger partial charge on any atom is 0.168 e. The molecular formula is C13H12N2O2. The number of hydrogen-bond donors (Lipinski definition) is 0. The second-order valence-electron chi connectivity index (χ2n) is 4.18. The summed E-state index contributed by atoms with van der Waals surface area (Å²) < 4.78 is 5.24. The van der Waals surface area contributed by atoms with Gasteiger partial charge in [0, 0.05) is 30.5 Å². The van der Waals surface area contributed by atoms with E-state index in [2.05, 4.69) is 9.97 Å². The zero-order chi connectivity index (χ0) is 11.7. The summed E-state index contributed by atoms with van der Waals surface area (Å²) in [6.07, 6.45) is 4.10. The first kappa shape index (κ1) is 10.4. The molecule has 1 aliphatic rings. The molecule has 1 atom stereocenters. The third-order valence-electron chi connectivity index (χ3n) is 3.05. The van der Waals surface area contributed by atoms with Crippen molar-refractivity contribution >= 4 is 16.8 Å². The van der Waals surface area contributed by atoms with Gasteiger partial charge in [-0.15, -0.1) is 0 Å². The molecule has 2 heterocycles. The molecule has 0 radical (unpaired) electrons. The molecule has 4 heteroatoms. The van der Waals surface area contributed by atoms with Crippen LogP contribution in [0.1, 0.15) is 16.8 Å². The molecule has 1 saturated heterocycles. The summed E-state index contributed by atoms with van der Waals surface area (Å²) in [5, 5.41) is 0. The summed E-state index contributed by atoms with van der Waals surface area (Å²) >= 11 is 0. The molecule has 0 N–H and O–H groups in total. The Kier molecular flexibility index (Phi) is 2.57. The van der Waals surface area contributed by atoms with Gasteiger partial charge in [-0.3, -0.25) is 14.8 Å². The number of benzene rings is 1. The highest BCUT2D eigenvalue weighted by molar-refractivity contribution is 6.00. The third-order valence-corrected chi connectivity index (χ3v) is 3.05. The fourth-order valence-corrected chi connectivity index (χ4v) is 2.09. The van der Waals surface area contributed by atoms with Gasteiger partial charge in [-0.05, 0) is 24.6 Å². The maximum absolute atomic E-state index is 12.2. The number of aromatic nitrogens is 2. The predicted octanol–water partition coefficient (Wildman–Crippen LogP) is 1.85. The van der Waals surface area contributed by atoms with Crippen LogP contribution in [0.4, 0.5) is 0 Å². The maximum atomic E-state index is 12.2. The van der Waals surface area contributed by atoms with Gasteiger partial charge < -0.3 is 4.74 Å². The molecule has 4 nitrogen and oxygen atoms in total. The van der Waals surface area contributed by atoms with Crippen molar-refractivity contribution in [3.8, 4) is 0 Å². The van der Waals surface area contributed by atoms with Crippen molar-refractivity contribution < 1.29 is 9.53 Å². The lowest BCUT2D eigenvalue weighted by Gasteiger charge is -2.06. The number of carbonyl (C=O) groups is 1. The molecular weight excluding hydrogens is 216 g/mol. The molecule has 1 aliphatic heterocycles. The van der Waals surface area contributed by atoms with E-state index in [1.807, 2.05) is 18.2 Å². The number of ether oxygens (including phenoxy) is 1. The molecule has 17 heavy (non-hydrogen) atoms. The molecule has 0 bridgehead atoms. The van der Waals surface area contributed by atoms with Crippen molar-refractivity contribution in [1.29, 1.82) is 0 Å². The van der Waals surface area contributed by atoms with Crippen LogP contribution in [0.2, 0.25) is 0 Å². The molecule has 1 aromatic heterocycles. The number of Topliss-reactive ketones (excluding diaryl/α,β-unsaturated/α-hetero) is 1. The van der Waals surface area contributed by atoms with Crippen molar-refractivity contribution in [3.05, 3.63) is 36.2 Å². The van der Waals surface area contributed by atoms with E-state index in [0.29, 0.717) is 18.8 Å². The fraction of sp³-hybridized carbons (Fsp3) is 0.308. The number of rotatable bonds is 2. The van der Waals surface area contributed by atoms with Gasteiger partial charge in [0.15, 0.2) is 5.78 Å². The van der Waals surface area contributed by atoms with Gasteiger partial charge in [0.2, 0.25) is 0 Å². The fourth-order valence-electron chi connectivity index (χ4n) is 2.09. The van der Waals surface area contributed by atoms with Gasteiger partial charge in [-0.1, -0.05) is 0 Å². The normalized spacial score (nSPS) is 19.6. The van der Waals surface area contributed by atoms with Gasteiger partial charge in [-0.25, -0.2) is 0 Å². The summed E-state index contributed by atoms with van der Waals surface area (Å²) in [4.78, 5) is 20.5. The molecule has 0 spiro atoms. The first-order valence-corrected chi connectivity index (χ1v) is 5.67. The summed E-state index contributed by atoms with van der Waals surface area (Å²) in [7, 11) is 0. The van der Waals surface area contributed by atoms with E-state index in [0.717, 1.165) is 17.5 Å². The van der Waals surface area contributed by atoms with Gasteiger partial charge in [-0.2, -0.15) is 0 Å². The van der Waals surface area contributed by atoms with E-state index in [4.69, 9.17) is 4.74 Å². The Hall–Kier alpha value is -1.81. The van der Waals surface area contributed by atoms with Crippen LogP contribution in [0.5, 0.6) is 0 Å². The van der Waals surface area contributed by atoms with Crippen molar-refractivity contribution in [1.82, 2.24) is 9.97 Å². The standard InChI is InChI=1S/C13H12N2O2/c16-13(10-3-6-17-8-10)9-1-2-11-12(7-9)15-5-4-14-11/h1-2,4-5,7,10H,3,6,8H2. The van der Waals surface area contributed by atoms with Crippen molar-refractivity contribution in [2.75, 3.05) is 13.2 Å². The minimum absolute atomic E-state index is 0.00382. The van der Waals surface area contributed by atoms with E-state index in [9.17, 15) is 4.79 Å². The third kappa shape index (κ3) is 1.91.